The number of ether oxygens (including phenoxy) is 1. The second-order valence-corrected chi connectivity index (χ2v) is 7.19. The molecule has 0 N–H and O–H groups in total. The second-order valence-electron chi connectivity index (χ2n) is 5.30. The van der Waals surface area contributed by atoms with Crippen LogP contribution in [0.4, 0.5) is 0 Å². The molecule has 0 aliphatic carbocycles. The number of hydrogen-bond donors (Lipinski definition) is 0. The highest BCUT2D eigenvalue weighted by Crippen LogP contribution is 2.22. The Hall–Kier alpha value is -1.92. The van der Waals surface area contributed by atoms with E-state index >= 15 is 0 Å². The first-order chi connectivity index (χ1) is 11.4. The summed E-state index contributed by atoms with van der Waals surface area (Å²) in [7, 11) is -3.84. The van der Waals surface area contributed by atoms with Crippen LogP contribution in [0, 0.1) is 6.92 Å². The van der Waals surface area contributed by atoms with Gasteiger partial charge in [0.05, 0.1) is 11.5 Å². The molecule has 0 heterocycles. The van der Waals surface area contributed by atoms with Crippen molar-refractivity contribution in [2.75, 3.05) is 13.2 Å². The molecule has 0 saturated heterocycles. The number of aryl methyl sites for hydroxylation is 1. The van der Waals surface area contributed by atoms with Gasteiger partial charge in [-0.2, -0.15) is 4.31 Å². The first-order valence-electron chi connectivity index (χ1n) is 7.85. The molecule has 0 saturated carbocycles. The van der Waals surface area contributed by atoms with Crippen molar-refractivity contribution in [3.05, 3.63) is 55.1 Å². The SMILES string of the molecule is C=CCCN(C(CC=C)C(=O)OCC)S(=O)(=O)c1ccc(C)cc1. The highest BCUT2D eigenvalue weighted by atomic mass is 32.2. The number of rotatable bonds is 10. The maximum Gasteiger partial charge on any atom is 0.324 e. The van der Waals surface area contributed by atoms with Crippen LogP contribution in [0.15, 0.2) is 54.5 Å². The molecule has 0 aromatic heterocycles. The van der Waals surface area contributed by atoms with E-state index in [9.17, 15) is 13.2 Å². The molecule has 24 heavy (non-hydrogen) atoms. The van der Waals surface area contributed by atoms with Crippen LogP contribution in [0.5, 0.6) is 0 Å². The zero-order chi connectivity index (χ0) is 18.2. The maximum absolute atomic E-state index is 13.0. The summed E-state index contributed by atoms with van der Waals surface area (Å²) < 4.78 is 32.3. The number of nitrogens with zero attached hydrogens (tertiary/aromatic N) is 1. The largest absolute Gasteiger partial charge is 0.465 e. The molecular formula is C18H25NO4S. The zero-order valence-electron chi connectivity index (χ0n) is 14.3. The summed E-state index contributed by atoms with van der Waals surface area (Å²) in [5.41, 5.74) is 0.958. The molecule has 0 bridgehead atoms. The fourth-order valence-electron chi connectivity index (χ4n) is 2.24. The third kappa shape index (κ3) is 5.04. The first kappa shape index (κ1) is 20.1. The number of carbonyl (C=O) groups is 1. The zero-order valence-corrected chi connectivity index (χ0v) is 15.1. The van der Waals surface area contributed by atoms with Gasteiger partial charge in [0.1, 0.15) is 6.04 Å². The van der Waals surface area contributed by atoms with Crippen LogP contribution >= 0.6 is 0 Å². The fraction of sp³-hybridized carbons (Fsp3) is 0.389. The van der Waals surface area contributed by atoms with Crippen LogP contribution in [0.25, 0.3) is 0 Å². The third-order valence-corrected chi connectivity index (χ3v) is 5.40. The van der Waals surface area contributed by atoms with Crippen molar-refractivity contribution in [1.82, 2.24) is 4.31 Å². The lowest BCUT2D eigenvalue weighted by Crippen LogP contribution is -2.46. The summed E-state index contributed by atoms with van der Waals surface area (Å²) in [4.78, 5) is 12.4. The molecule has 0 amide bonds. The van der Waals surface area contributed by atoms with Crippen molar-refractivity contribution in [3.63, 3.8) is 0 Å². The average Bonchev–Trinajstić information content (AvgIpc) is 2.54. The van der Waals surface area contributed by atoms with E-state index in [0.717, 1.165) is 5.56 Å². The van der Waals surface area contributed by atoms with Crippen molar-refractivity contribution in [2.45, 2.75) is 37.6 Å². The van der Waals surface area contributed by atoms with E-state index in [2.05, 4.69) is 13.2 Å². The number of hydrogen-bond acceptors (Lipinski definition) is 4. The Kier molecular flexibility index (Phi) is 7.88. The van der Waals surface area contributed by atoms with Crippen LogP contribution in [-0.2, 0) is 19.6 Å². The first-order valence-corrected chi connectivity index (χ1v) is 9.29. The molecule has 5 nitrogen and oxygen atoms in total. The molecule has 6 heteroatoms. The van der Waals surface area contributed by atoms with Crippen molar-refractivity contribution in [3.8, 4) is 0 Å². The lowest BCUT2D eigenvalue weighted by atomic mass is 10.2. The third-order valence-electron chi connectivity index (χ3n) is 3.48. The molecule has 132 valence electrons. The Bertz CT molecular complexity index is 665. The minimum absolute atomic E-state index is 0.149. The molecule has 0 spiro atoms. The number of carbonyl (C=O) groups excluding carboxylic acids is 1. The molecule has 1 aromatic carbocycles. The quantitative estimate of drug-likeness (QED) is 0.480. The highest BCUT2D eigenvalue weighted by Gasteiger charge is 2.35. The van der Waals surface area contributed by atoms with E-state index < -0.39 is 22.0 Å². The smallest absolute Gasteiger partial charge is 0.324 e. The Morgan fingerprint density at radius 2 is 1.88 bits per heavy atom. The van der Waals surface area contributed by atoms with Crippen molar-refractivity contribution < 1.29 is 17.9 Å². The molecule has 1 atom stereocenters. The van der Waals surface area contributed by atoms with E-state index in [1.165, 1.54) is 10.4 Å². The molecular weight excluding hydrogens is 326 g/mol. The number of esters is 1. The van der Waals surface area contributed by atoms with Gasteiger partial charge < -0.3 is 4.74 Å². The molecule has 0 aliphatic rings. The Balaban J connectivity index is 3.30. The van der Waals surface area contributed by atoms with Crippen LogP contribution < -0.4 is 0 Å². The normalized spacial score (nSPS) is 12.6. The van der Waals surface area contributed by atoms with Crippen LogP contribution in [0.1, 0.15) is 25.3 Å². The van der Waals surface area contributed by atoms with E-state index in [0.29, 0.717) is 6.42 Å². The van der Waals surface area contributed by atoms with E-state index in [1.54, 1.807) is 37.3 Å². The molecule has 1 rings (SSSR count). The van der Waals surface area contributed by atoms with E-state index in [-0.39, 0.29) is 24.5 Å². The average molecular weight is 351 g/mol. The van der Waals surface area contributed by atoms with Crippen molar-refractivity contribution in [2.24, 2.45) is 0 Å². The van der Waals surface area contributed by atoms with Crippen LogP contribution in [0.3, 0.4) is 0 Å². The van der Waals surface area contributed by atoms with E-state index in [1.807, 2.05) is 6.92 Å². The number of benzene rings is 1. The van der Waals surface area contributed by atoms with Gasteiger partial charge in [-0.15, -0.1) is 13.2 Å². The van der Waals surface area contributed by atoms with Crippen LogP contribution in [0.2, 0.25) is 0 Å². The highest BCUT2D eigenvalue weighted by molar-refractivity contribution is 7.89. The molecule has 1 aromatic rings. The van der Waals surface area contributed by atoms with E-state index in [4.69, 9.17) is 4.74 Å². The summed E-state index contributed by atoms with van der Waals surface area (Å²) >= 11 is 0. The van der Waals surface area contributed by atoms with Gasteiger partial charge in [-0.25, -0.2) is 8.42 Å². The topological polar surface area (TPSA) is 63.7 Å². The Morgan fingerprint density at radius 3 is 2.38 bits per heavy atom. The van der Waals surface area contributed by atoms with Gasteiger partial charge >= 0.3 is 5.97 Å². The second kappa shape index (κ2) is 9.39. The van der Waals surface area contributed by atoms with Gasteiger partial charge in [-0.3, -0.25) is 4.79 Å². The molecule has 1 unspecified atom stereocenters. The van der Waals surface area contributed by atoms with Gasteiger partial charge in [0.2, 0.25) is 10.0 Å². The molecule has 0 fully saturated rings. The summed E-state index contributed by atoms with van der Waals surface area (Å²) in [5, 5.41) is 0. The molecule has 0 radical (unpaired) electrons. The lowest BCUT2D eigenvalue weighted by molar-refractivity contribution is -0.147. The number of sulfonamides is 1. The van der Waals surface area contributed by atoms with Gasteiger partial charge in [0, 0.05) is 6.54 Å². The van der Waals surface area contributed by atoms with Gasteiger partial charge in [-0.05, 0) is 38.8 Å². The predicted octanol–water partition coefficient (Wildman–Crippen LogP) is 3.07. The minimum Gasteiger partial charge on any atom is -0.465 e. The summed E-state index contributed by atoms with van der Waals surface area (Å²) in [6.45, 7) is 11.2. The fourth-order valence-corrected chi connectivity index (χ4v) is 3.84. The summed E-state index contributed by atoms with van der Waals surface area (Å²) in [5.74, 6) is -0.572. The standard InChI is InChI=1S/C18H25NO4S/c1-5-8-14-19(17(9-6-2)18(20)23-7-3)24(21,22)16-12-10-15(4)11-13-16/h5-6,10-13,17H,1-2,7-9,14H2,3-4H3. The lowest BCUT2D eigenvalue weighted by Gasteiger charge is -2.28. The Labute approximate surface area is 144 Å². The summed E-state index contributed by atoms with van der Waals surface area (Å²) in [6.07, 6.45) is 3.75. The molecule has 0 aliphatic heterocycles. The monoisotopic (exact) mass is 351 g/mol. The van der Waals surface area contributed by atoms with Gasteiger partial charge in [0.25, 0.3) is 0 Å². The summed E-state index contributed by atoms with van der Waals surface area (Å²) in [6, 6.07) is 5.61. The Morgan fingerprint density at radius 1 is 1.25 bits per heavy atom. The predicted molar refractivity (Wildman–Crippen MR) is 95.1 cm³/mol. The van der Waals surface area contributed by atoms with Crippen molar-refractivity contribution in [1.29, 1.82) is 0 Å². The van der Waals surface area contributed by atoms with Crippen LogP contribution in [-0.4, -0.2) is 37.9 Å². The minimum atomic E-state index is -3.84. The maximum atomic E-state index is 13.0. The van der Waals surface area contributed by atoms with Gasteiger partial charge in [-0.1, -0.05) is 29.8 Å². The van der Waals surface area contributed by atoms with Crippen molar-refractivity contribution >= 4 is 16.0 Å². The van der Waals surface area contributed by atoms with Gasteiger partial charge in [0.15, 0.2) is 0 Å².